The SMILES string of the molecule is CC[C@H]1CCCN(C(=O)Nc2ccccc2CN2CCSCC2)C1. The number of carbonyl (C=O) groups excluding carboxylic acids is 1. The number of nitrogens with one attached hydrogen (secondary N) is 1. The van der Waals surface area contributed by atoms with Gasteiger partial charge in [-0.2, -0.15) is 11.8 Å². The molecule has 2 fully saturated rings. The first-order chi connectivity index (χ1) is 11.8. The molecule has 1 atom stereocenters. The Balaban J connectivity index is 1.62. The van der Waals surface area contributed by atoms with E-state index < -0.39 is 0 Å². The predicted octanol–water partition coefficient (Wildman–Crippen LogP) is 3.89. The van der Waals surface area contributed by atoms with E-state index in [1.54, 1.807) is 0 Å². The van der Waals surface area contributed by atoms with Crippen LogP contribution in [0.15, 0.2) is 24.3 Å². The zero-order valence-electron chi connectivity index (χ0n) is 14.7. The highest BCUT2D eigenvalue weighted by molar-refractivity contribution is 7.99. The lowest BCUT2D eigenvalue weighted by Gasteiger charge is -2.32. The maximum absolute atomic E-state index is 12.7. The van der Waals surface area contributed by atoms with Crippen LogP contribution in [0.3, 0.4) is 0 Å². The monoisotopic (exact) mass is 347 g/mol. The molecule has 24 heavy (non-hydrogen) atoms. The highest BCUT2D eigenvalue weighted by atomic mass is 32.2. The van der Waals surface area contributed by atoms with Gasteiger partial charge < -0.3 is 10.2 Å². The summed E-state index contributed by atoms with van der Waals surface area (Å²) in [4.78, 5) is 17.1. The molecule has 1 N–H and O–H groups in total. The number of hydrogen-bond donors (Lipinski definition) is 1. The fourth-order valence-corrected chi connectivity index (χ4v) is 4.54. The molecule has 3 rings (SSSR count). The minimum atomic E-state index is 0.0646. The lowest BCUT2D eigenvalue weighted by molar-refractivity contribution is 0.176. The minimum absolute atomic E-state index is 0.0646. The molecule has 0 bridgehead atoms. The predicted molar refractivity (Wildman–Crippen MR) is 103 cm³/mol. The molecule has 0 radical (unpaired) electrons. The van der Waals surface area contributed by atoms with Crippen molar-refractivity contribution in [1.29, 1.82) is 0 Å². The zero-order valence-corrected chi connectivity index (χ0v) is 15.5. The third-order valence-corrected chi connectivity index (χ3v) is 6.08. The number of para-hydroxylation sites is 1. The van der Waals surface area contributed by atoms with Gasteiger partial charge in [0.1, 0.15) is 0 Å². The average molecular weight is 348 g/mol. The van der Waals surface area contributed by atoms with Crippen LogP contribution in [-0.2, 0) is 6.54 Å². The summed E-state index contributed by atoms with van der Waals surface area (Å²) in [7, 11) is 0. The van der Waals surface area contributed by atoms with E-state index in [-0.39, 0.29) is 6.03 Å². The van der Waals surface area contributed by atoms with Crippen LogP contribution in [-0.4, -0.2) is 53.5 Å². The Bertz CT molecular complexity index is 545. The first kappa shape index (κ1) is 17.6. The molecule has 2 aliphatic rings. The molecule has 5 heteroatoms. The summed E-state index contributed by atoms with van der Waals surface area (Å²) in [5.74, 6) is 3.08. The second kappa shape index (κ2) is 8.77. The van der Waals surface area contributed by atoms with E-state index in [1.807, 2.05) is 28.8 Å². The van der Waals surface area contributed by atoms with E-state index in [4.69, 9.17) is 0 Å². The summed E-state index contributed by atoms with van der Waals surface area (Å²) in [6.07, 6.45) is 3.54. The van der Waals surface area contributed by atoms with Crippen LogP contribution in [0.25, 0.3) is 0 Å². The summed E-state index contributed by atoms with van der Waals surface area (Å²) in [6, 6.07) is 8.32. The fraction of sp³-hybridized carbons (Fsp3) is 0.632. The number of nitrogens with zero attached hydrogens (tertiary/aromatic N) is 2. The van der Waals surface area contributed by atoms with Crippen molar-refractivity contribution in [2.45, 2.75) is 32.7 Å². The van der Waals surface area contributed by atoms with E-state index in [0.29, 0.717) is 5.92 Å². The van der Waals surface area contributed by atoms with Crippen LogP contribution in [0.5, 0.6) is 0 Å². The van der Waals surface area contributed by atoms with Crippen molar-refractivity contribution in [1.82, 2.24) is 9.80 Å². The van der Waals surface area contributed by atoms with Gasteiger partial charge in [-0.15, -0.1) is 0 Å². The number of likely N-dealkylation sites (tertiary alicyclic amines) is 1. The van der Waals surface area contributed by atoms with Crippen molar-refractivity contribution >= 4 is 23.5 Å². The van der Waals surface area contributed by atoms with Crippen molar-refractivity contribution in [2.24, 2.45) is 5.92 Å². The molecule has 132 valence electrons. The topological polar surface area (TPSA) is 35.6 Å². The van der Waals surface area contributed by atoms with Crippen molar-refractivity contribution in [3.63, 3.8) is 0 Å². The van der Waals surface area contributed by atoms with E-state index in [9.17, 15) is 4.79 Å². The third-order valence-electron chi connectivity index (χ3n) is 5.14. The van der Waals surface area contributed by atoms with Crippen molar-refractivity contribution in [2.75, 3.05) is 43.0 Å². The highest BCUT2D eigenvalue weighted by Crippen LogP contribution is 2.22. The lowest BCUT2D eigenvalue weighted by atomic mass is 9.96. The number of urea groups is 1. The smallest absolute Gasteiger partial charge is 0.321 e. The first-order valence-electron chi connectivity index (χ1n) is 9.20. The number of thioether (sulfide) groups is 1. The average Bonchev–Trinajstić information content (AvgIpc) is 2.64. The van der Waals surface area contributed by atoms with Gasteiger partial charge in [0.25, 0.3) is 0 Å². The van der Waals surface area contributed by atoms with Crippen LogP contribution in [0.1, 0.15) is 31.7 Å². The number of hydrogen-bond acceptors (Lipinski definition) is 3. The maximum atomic E-state index is 12.7. The molecule has 0 aliphatic carbocycles. The Labute approximate surface area is 150 Å². The van der Waals surface area contributed by atoms with Gasteiger partial charge in [0.05, 0.1) is 0 Å². The van der Waals surface area contributed by atoms with Crippen molar-refractivity contribution in [3.05, 3.63) is 29.8 Å². The highest BCUT2D eigenvalue weighted by Gasteiger charge is 2.23. The zero-order chi connectivity index (χ0) is 16.8. The van der Waals surface area contributed by atoms with E-state index >= 15 is 0 Å². The second-order valence-electron chi connectivity index (χ2n) is 6.84. The van der Waals surface area contributed by atoms with Crippen molar-refractivity contribution in [3.8, 4) is 0 Å². The maximum Gasteiger partial charge on any atom is 0.321 e. The van der Waals surface area contributed by atoms with Crippen molar-refractivity contribution < 1.29 is 4.79 Å². The molecule has 4 nitrogen and oxygen atoms in total. The second-order valence-corrected chi connectivity index (χ2v) is 8.06. The standard InChI is InChI=1S/C19H29N3OS/c1-2-16-6-5-9-22(14-16)19(23)20-18-8-4-3-7-17(18)15-21-10-12-24-13-11-21/h3-4,7-8,16H,2,5-6,9-15H2,1H3,(H,20,23)/t16-/m0/s1. The van der Waals surface area contributed by atoms with Gasteiger partial charge in [-0.1, -0.05) is 31.5 Å². The number of anilines is 1. The molecule has 0 aromatic heterocycles. The van der Waals surface area contributed by atoms with Crippen LogP contribution >= 0.6 is 11.8 Å². The Morgan fingerprint density at radius 1 is 1.25 bits per heavy atom. The van der Waals surface area contributed by atoms with E-state index in [0.717, 1.165) is 51.3 Å². The van der Waals surface area contributed by atoms with Gasteiger partial charge >= 0.3 is 6.03 Å². The molecular formula is C19H29N3OS. The quantitative estimate of drug-likeness (QED) is 0.897. The molecule has 1 aromatic rings. The molecule has 2 aliphatic heterocycles. The molecule has 0 spiro atoms. The Hall–Kier alpha value is -1.20. The minimum Gasteiger partial charge on any atom is -0.324 e. The van der Waals surface area contributed by atoms with E-state index in [1.165, 1.54) is 23.5 Å². The van der Waals surface area contributed by atoms with Gasteiger partial charge in [-0.25, -0.2) is 4.79 Å². The van der Waals surface area contributed by atoms with Crippen LogP contribution in [0.4, 0.5) is 10.5 Å². The largest absolute Gasteiger partial charge is 0.324 e. The molecule has 2 amide bonds. The summed E-state index contributed by atoms with van der Waals surface area (Å²) < 4.78 is 0. The van der Waals surface area contributed by atoms with Crippen LogP contribution < -0.4 is 5.32 Å². The van der Waals surface area contributed by atoms with Gasteiger partial charge in [0.2, 0.25) is 0 Å². The van der Waals surface area contributed by atoms with Gasteiger partial charge in [-0.3, -0.25) is 4.90 Å². The Morgan fingerprint density at radius 3 is 2.83 bits per heavy atom. The molecular weight excluding hydrogens is 318 g/mol. The van der Waals surface area contributed by atoms with Gasteiger partial charge in [0.15, 0.2) is 0 Å². The normalized spacial score (nSPS) is 22.4. The Morgan fingerprint density at radius 2 is 2.04 bits per heavy atom. The summed E-state index contributed by atoms with van der Waals surface area (Å²) in [5, 5.41) is 3.17. The molecule has 1 aromatic carbocycles. The third kappa shape index (κ3) is 4.67. The number of carbonyl (C=O) groups is 1. The number of benzene rings is 1. The van der Waals surface area contributed by atoms with Crippen LogP contribution in [0.2, 0.25) is 0 Å². The van der Waals surface area contributed by atoms with E-state index in [2.05, 4.69) is 29.3 Å². The molecule has 2 saturated heterocycles. The summed E-state index contributed by atoms with van der Waals surface area (Å²) >= 11 is 2.03. The fourth-order valence-electron chi connectivity index (χ4n) is 3.56. The van der Waals surface area contributed by atoms with Gasteiger partial charge in [-0.05, 0) is 30.4 Å². The number of amides is 2. The molecule has 0 saturated carbocycles. The number of rotatable bonds is 4. The summed E-state index contributed by atoms with van der Waals surface area (Å²) in [5.41, 5.74) is 2.20. The molecule has 2 heterocycles. The summed E-state index contributed by atoms with van der Waals surface area (Å²) in [6.45, 7) is 7.20. The molecule has 0 unspecified atom stereocenters. The number of piperidine rings is 1. The Kier molecular flexibility index (Phi) is 6.44. The lowest BCUT2D eigenvalue weighted by Crippen LogP contribution is -2.42. The van der Waals surface area contributed by atoms with Gasteiger partial charge in [0, 0.05) is 49.9 Å². The van der Waals surface area contributed by atoms with Crippen LogP contribution in [0, 0.1) is 5.92 Å². The first-order valence-corrected chi connectivity index (χ1v) is 10.4.